The molecule has 2 aromatic rings. The van der Waals surface area contributed by atoms with Gasteiger partial charge in [-0.15, -0.1) is 0 Å². The summed E-state index contributed by atoms with van der Waals surface area (Å²) in [5.41, 5.74) is 6.33. The number of carbonyl (C=O) groups is 1. The van der Waals surface area contributed by atoms with E-state index in [1.807, 2.05) is 29.2 Å². The summed E-state index contributed by atoms with van der Waals surface area (Å²) in [6.45, 7) is 4.72. The van der Waals surface area contributed by atoms with Gasteiger partial charge >= 0.3 is 0 Å². The Labute approximate surface area is 154 Å². The highest BCUT2D eigenvalue weighted by Crippen LogP contribution is 2.40. The van der Waals surface area contributed by atoms with Crippen LogP contribution in [-0.2, 0) is 11.3 Å². The minimum atomic E-state index is -0.0754. The number of hydrogen-bond acceptors (Lipinski definition) is 3. The molecule has 1 heterocycles. The molecule has 1 aliphatic carbocycles. The highest BCUT2D eigenvalue weighted by atomic mass is 16.5. The first kappa shape index (κ1) is 16.8. The lowest BCUT2D eigenvalue weighted by molar-refractivity contribution is -0.120. The molecule has 1 unspecified atom stereocenters. The van der Waals surface area contributed by atoms with Crippen LogP contribution in [0.4, 0.5) is 11.4 Å². The highest BCUT2D eigenvalue weighted by molar-refractivity contribution is 6.15. The number of aryl methyl sites for hydroxylation is 2. The van der Waals surface area contributed by atoms with Crippen LogP contribution in [-0.4, -0.2) is 18.7 Å². The Hall–Kier alpha value is -2.62. The molecular weight excluding hydrogens is 324 g/mol. The zero-order valence-electron chi connectivity index (χ0n) is 15.6. The van der Waals surface area contributed by atoms with Crippen molar-refractivity contribution in [3.05, 3.63) is 53.1 Å². The quantitative estimate of drug-likeness (QED) is 0.804. The number of nitrogens with zero attached hydrogens (tertiary/aromatic N) is 2. The third kappa shape index (κ3) is 2.90. The monoisotopic (exact) mass is 348 g/mol. The van der Waals surface area contributed by atoms with E-state index >= 15 is 0 Å². The van der Waals surface area contributed by atoms with Crippen molar-refractivity contribution in [2.24, 2.45) is 10.9 Å². The third-order valence-electron chi connectivity index (χ3n) is 5.51. The highest BCUT2D eigenvalue weighted by Gasteiger charge is 2.36. The predicted octanol–water partition coefficient (Wildman–Crippen LogP) is 4.73. The molecule has 1 aliphatic heterocycles. The van der Waals surface area contributed by atoms with Crippen LogP contribution in [0.1, 0.15) is 36.0 Å². The average molecular weight is 348 g/mol. The maximum absolute atomic E-state index is 13.4. The van der Waals surface area contributed by atoms with Gasteiger partial charge in [-0.3, -0.25) is 9.79 Å². The molecule has 4 heteroatoms. The second-order valence-corrected chi connectivity index (χ2v) is 7.25. The van der Waals surface area contributed by atoms with Gasteiger partial charge in [0.1, 0.15) is 5.75 Å². The van der Waals surface area contributed by atoms with Crippen molar-refractivity contribution in [2.75, 3.05) is 12.0 Å². The zero-order chi connectivity index (χ0) is 18.3. The number of fused-ring (bicyclic) bond motifs is 2. The molecule has 0 aromatic heterocycles. The van der Waals surface area contributed by atoms with Crippen molar-refractivity contribution in [2.45, 2.75) is 39.7 Å². The first-order chi connectivity index (χ1) is 12.6. The smallest absolute Gasteiger partial charge is 0.236 e. The van der Waals surface area contributed by atoms with Crippen LogP contribution in [0.5, 0.6) is 5.75 Å². The molecule has 1 atom stereocenters. The number of rotatable bonds is 3. The van der Waals surface area contributed by atoms with Crippen molar-refractivity contribution >= 4 is 23.0 Å². The van der Waals surface area contributed by atoms with E-state index in [9.17, 15) is 4.79 Å². The Morgan fingerprint density at radius 3 is 2.81 bits per heavy atom. The van der Waals surface area contributed by atoms with Crippen LogP contribution in [0.25, 0.3) is 0 Å². The first-order valence-electron chi connectivity index (χ1n) is 9.20. The average Bonchev–Trinajstić information content (AvgIpc) is 3.07. The first-order valence-corrected chi connectivity index (χ1v) is 9.20. The molecule has 134 valence electrons. The molecule has 1 saturated carbocycles. The van der Waals surface area contributed by atoms with Crippen LogP contribution < -0.4 is 9.64 Å². The number of aliphatic imine (C=N–C) groups is 1. The molecule has 0 saturated heterocycles. The molecule has 4 nitrogen and oxygen atoms in total. The fourth-order valence-corrected chi connectivity index (χ4v) is 3.90. The standard InChI is InChI=1S/C22H24N2O2/c1-14-10-20-21(11-15(14)2)24(13-16-6-4-7-17(12-16)26-3)22(25)18-8-5-9-19(18)23-20/h4,6-7,10-12,18H,5,8-9,13H2,1-3H3. The van der Waals surface area contributed by atoms with Crippen LogP contribution in [0.3, 0.4) is 0 Å². The maximum Gasteiger partial charge on any atom is 0.236 e. The minimum absolute atomic E-state index is 0.0754. The maximum atomic E-state index is 13.4. The molecule has 0 spiro atoms. The molecule has 4 rings (SSSR count). The molecule has 0 N–H and O–H groups in total. The van der Waals surface area contributed by atoms with Gasteiger partial charge in [0.05, 0.1) is 30.9 Å². The van der Waals surface area contributed by atoms with E-state index in [1.54, 1.807) is 7.11 Å². The predicted molar refractivity (Wildman–Crippen MR) is 105 cm³/mol. The fraction of sp³-hybridized carbons (Fsp3) is 0.364. The summed E-state index contributed by atoms with van der Waals surface area (Å²) in [6, 6.07) is 12.1. The number of anilines is 1. The van der Waals surface area contributed by atoms with Gasteiger partial charge in [-0.2, -0.15) is 0 Å². The van der Waals surface area contributed by atoms with Gasteiger partial charge < -0.3 is 9.64 Å². The number of hydrogen-bond donors (Lipinski definition) is 0. The van der Waals surface area contributed by atoms with Crippen molar-refractivity contribution in [1.29, 1.82) is 0 Å². The van der Waals surface area contributed by atoms with E-state index in [4.69, 9.17) is 9.73 Å². The summed E-state index contributed by atoms with van der Waals surface area (Å²) in [6.07, 6.45) is 2.87. The molecule has 26 heavy (non-hydrogen) atoms. The third-order valence-corrected chi connectivity index (χ3v) is 5.51. The summed E-state index contributed by atoms with van der Waals surface area (Å²) in [5.74, 6) is 0.905. The number of ether oxygens (including phenoxy) is 1. The largest absolute Gasteiger partial charge is 0.497 e. The lowest BCUT2D eigenvalue weighted by atomic mass is 10.0. The number of benzene rings is 2. The van der Waals surface area contributed by atoms with Crippen LogP contribution in [0.2, 0.25) is 0 Å². The molecule has 1 amide bonds. The summed E-state index contributed by atoms with van der Waals surface area (Å²) >= 11 is 0. The lowest BCUT2D eigenvalue weighted by Crippen LogP contribution is -2.36. The van der Waals surface area contributed by atoms with Crippen molar-refractivity contribution in [3.63, 3.8) is 0 Å². The molecular formula is C22H24N2O2. The SMILES string of the molecule is COc1cccc(CN2C(=O)C3CCCC3=Nc3cc(C)c(C)cc32)c1. The van der Waals surface area contributed by atoms with Gasteiger partial charge in [0.2, 0.25) is 5.91 Å². The normalized spacial score (nSPS) is 18.9. The van der Waals surface area contributed by atoms with Crippen LogP contribution in [0, 0.1) is 19.8 Å². The van der Waals surface area contributed by atoms with Gasteiger partial charge in [0.15, 0.2) is 0 Å². The number of amides is 1. The van der Waals surface area contributed by atoms with Crippen LogP contribution in [0.15, 0.2) is 41.4 Å². The molecule has 1 fully saturated rings. The van der Waals surface area contributed by atoms with Crippen molar-refractivity contribution < 1.29 is 9.53 Å². The van der Waals surface area contributed by atoms with Gasteiger partial charge in [-0.25, -0.2) is 0 Å². The van der Waals surface area contributed by atoms with E-state index in [2.05, 4.69) is 26.0 Å². The van der Waals surface area contributed by atoms with Gasteiger partial charge in [-0.1, -0.05) is 12.1 Å². The summed E-state index contributed by atoms with van der Waals surface area (Å²) in [4.78, 5) is 20.2. The van der Waals surface area contributed by atoms with Crippen molar-refractivity contribution in [3.8, 4) is 5.75 Å². The van der Waals surface area contributed by atoms with E-state index in [0.29, 0.717) is 6.54 Å². The Bertz CT molecular complexity index is 901. The van der Waals surface area contributed by atoms with Gasteiger partial charge in [0, 0.05) is 5.71 Å². The Morgan fingerprint density at radius 2 is 2.00 bits per heavy atom. The minimum Gasteiger partial charge on any atom is -0.497 e. The van der Waals surface area contributed by atoms with E-state index < -0.39 is 0 Å². The van der Waals surface area contributed by atoms with Crippen LogP contribution >= 0.6 is 0 Å². The molecule has 2 aliphatic rings. The van der Waals surface area contributed by atoms with E-state index in [1.165, 1.54) is 11.1 Å². The zero-order valence-corrected chi connectivity index (χ0v) is 15.6. The van der Waals surface area contributed by atoms with Crippen molar-refractivity contribution in [1.82, 2.24) is 0 Å². The second kappa shape index (κ2) is 6.60. The summed E-state index contributed by atoms with van der Waals surface area (Å²) < 4.78 is 5.34. The van der Waals surface area contributed by atoms with E-state index in [0.717, 1.165) is 47.7 Å². The lowest BCUT2D eigenvalue weighted by Gasteiger charge is -2.26. The molecule has 0 bridgehead atoms. The molecule has 2 aromatic carbocycles. The topological polar surface area (TPSA) is 41.9 Å². The second-order valence-electron chi connectivity index (χ2n) is 7.25. The van der Waals surface area contributed by atoms with Gasteiger partial charge in [0.25, 0.3) is 0 Å². The molecule has 0 radical (unpaired) electrons. The summed E-state index contributed by atoms with van der Waals surface area (Å²) in [5, 5.41) is 0. The number of carbonyl (C=O) groups excluding carboxylic acids is 1. The summed E-state index contributed by atoms with van der Waals surface area (Å²) in [7, 11) is 1.66. The number of methoxy groups -OCH3 is 1. The Kier molecular flexibility index (Phi) is 4.27. The Balaban J connectivity index is 1.80. The van der Waals surface area contributed by atoms with Gasteiger partial charge in [-0.05, 0) is 74.1 Å². The Morgan fingerprint density at radius 1 is 1.19 bits per heavy atom. The fourth-order valence-electron chi connectivity index (χ4n) is 3.90. The van der Waals surface area contributed by atoms with E-state index in [-0.39, 0.29) is 11.8 Å².